The van der Waals surface area contributed by atoms with Gasteiger partial charge < -0.3 is 4.90 Å². The van der Waals surface area contributed by atoms with Gasteiger partial charge in [0.05, 0.1) is 5.69 Å². The molecule has 6 heteroatoms. The summed E-state index contributed by atoms with van der Waals surface area (Å²) in [5.41, 5.74) is 0.937. The van der Waals surface area contributed by atoms with E-state index in [9.17, 15) is 0 Å². The number of nitrogens with zero attached hydrogens (tertiary/aromatic N) is 5. The Bertz CT molecular complexity index is 542. The molecule has 0 bridgehead atoms. The maximum absolute atomic E-state index is 4.03. The smallest absolute Gasteiger partial charge is 0.181 e. The molecule has 0 saturated heterocycles. The largest absolute Gasteiger partial charge is 0.378 e. The Kier molecular flexibility index (Phi) is 4.68. The van der Waals surface area contributed by atoms with Crippen LogP contribution in [0.4, 0.5) is 0 Å². The topological polar surface area (TPSA) is 46.8 Å². The normalized spacial score (nSPS) is 11.1. The van der Waals surface area contributed by atoms with Crippen LogP contribution in [0.5, 0.6) is 0 Å². The van der Waals surface area contributed by atoms with Crippen LogP contribution in [0.3, 0.4) is 0 Å². The molecule has 2 rings (SSSR count). The second-order valence-electron chi connectivity index (χ2n) is 3.96. The molecular weight excluding hydrogens is 306 g/mol. The standard InChI is InChI=1S/C13H16BrN5/c1-3-18(4-2)10-9-13-15-16-17-19(13)12-7-5-11(14)6-8-12/h5-10H,3-4H2,1-2H3. The molecule has 0 aliphatic rings. The number of benzene rings is 1. The third kappa shape index (κ3) is 3.41. The molecule has 0 atom stereocenters. The zero-order chi connectivity index (χ0) is 13.7. The molecule has 5 nitrogen and oxygen atoms in total. The number of hydrogen-bond donors (Lipinski definition) is 0. The second kappa shape index (κ2) is 6.47. The summed E-state index contributed by atoms with van der Waals surface area (Å²) in [6.45, 7) is 6.16. The van der Waals surface area contributed by atoms with Gasteiger partial charge in [0, 0.05) is 29.8 Å². The van der Waals surface area contributed by atoms with E-state index in [4.69, 9.17) is 0 Å². The lowest BCUT2D eigenvalue weighted by atomic mass is 10.3. The highest BCUT2D eigenvalue weighted by Crippen LogP contribution is 2.14. The number of hydrogen-bond acceptors (Lipinski definition) is 4. The van der Waals surface area contributed by atoms with Gasteiger partial charge in [-0.05, 0) is 48.5 Å². The fourth-order valence-electron chi connectivity index (χ4n) is 1.67. The van der Waals surface area contributed by atoms with Gasteiger partial charge in [0.15, 0.2) is 5.82 Å². The zero-order valence-electron chi connectivity index (χ0n) is 11.0. The quantitative estimate of drug-likeness (QED) is 0.849. The van der Waals surface area contributed by atoms with Crippen LogP contribution in [0, 0.1) is 0 Å². The minimum absolute atomic E-state index is 0.717. The summed E-state index contributed by atoms with van der Waals surface area (Å²) < 4.78 is 2.75. The summed E-state index contributed by atoms with van der Waals surface area (Å²) >= 11 is 3.41. The lowest BCUT2D eigenvalue weighted by molar-refractivity contribution is 0.421. The van der Waals surface area contributed by atoms with Crippen LogP contribution in [-0.4, -0.2) is 38.2 Å². The third-order valence-electron chi connectivity index (χ3n) is 2.81. The lowest BCUT2D eigenvalue weighted by Crippen LogP contribution is -2.15. The number of rotatable bonds is 5. The molecule has 0 aliphatic carbocycles. The van der Waals surface area contributed by atoms with Gasteiger partial charge in [0.1, 0.15) is 0 Å². The van der Waals surface area contributed by atoms with E-state index >= 15 is 0 Å². The predicted octanol–water partition coefficient (Wildman–Crippen LogP) is 2.74. The van der Waals surface area contributed by atoms with Crippen molar-refractivity contribution in [3.8, 4) is 5.69 Å². The van der Waals surface area contributed by atoms with Crippen LogP contribution in [0.15, 0.2) is 34.9 Å². The van der Waals surface area contributed by atoms with E-state index in [1.807, 2.05) is 36.5 Å². The maximum Gasteiger partial charge on any atom is 0.181 e. The summed E-state index contributed by atoms with van der Waals surface area (Å²) in [5, 5.41) is 11.8. The Morgan fingerprint density at radius 3 is 2.53 bits per heavy atom. The molecule has 0 spiro atoms. The maximum atomic E-state index is 4.03. The Morgan fingerprint density at radius 2 is 1.89 bits per heavy atom. The molecule has 19 heavy (non-hydrogen) atoms. The highest BCUT2D eigenvalue weighted by Gasteiger charge is 2.05. The summed E-state index contributed by atoms with van der Waals surface area (Å²) in [7, 11) is 0. The van der Waals surface area contributed by atoms with Crippen molar-refractivity contribution in [2.24, 2.45) is 0 Å². The highest BCUT2D eigenvalue weighted by atomic mass is 79.9. The number of aromatic nitrogens is 4. The average Bonchev–Trinajstić information content (AvgIpc) is 2.89. The van der Waals surface area contributed by atoms with Crippen LogP contribution < -0.4 is 0 Å². The zero-order valence-corrected chi connectivity index (χ0v) is 12.6. The number of tetrazole rings is 1. The summed E-state index contributed by atoms with van der Waals surface area (Å²) in [5.74, 6) is 0.717. The Morgan fingerprint density at radius 1 is 1.21 bits per heavy atom. The lowest BCUT2D eigenvalue weighted by Gasteiger charge is -2.14. The summed E-state index contributed by atoms with van der Waals surface area (Å²) in [6.07, 6.45) is 3.94. The molecule has 0 unspecified atom stereocenters. The molecule has 0 radical (unpaired) electrons. The fraction of sp³-hybridized carbons (Fsp3) is 0.308. The first kappa shape index (κ1) is 13.7. The first-order valence-corrected chi connectivity index (χ1v) is 7.00. The van der Waals surface area contributed by atoms with Gasteiger partial charge in [-0.3, -0.25) is 0 Å². The van der Waals surface area contributed by atoms with Crippen molar-refractivity contribution >= 4 is 22.0 Å². The fourth-order valence-corrected chi connectivity index (χ4v) is 1.93. The van der Waals surface area contributed by atoms with Gasteiger partial charge >= 0.3 is 0 Å². The van der Waals surface area contributed by atoms with E-state index in [2.05, 4.69) is 50.2 Å². The summed E-state index contributed by atoms with van der Waals surface area (Å²) in [4.78, 5) is 2.18. The van der Waals surface area contributed by atoms with Crippen molar-refractivity contribution in [1.82, 2.24) is 25.1 Å². The molecule has 2 aromatic rings. The van der Waals surface area contributed by atoms with Crippen LogP contribution in [0.25, 0.3) is 11.8 Å². The van der Waals surface area contributed by atoms with Crippen LogP contribution in [-0.2, 0) is 0 Å². The van der Waals surface area contributed by atoms with Gasteiger partial charge in [0.25, 0.3) is 0 Å². The average molecular weight is 322 g/mol. The van der Waals surface area contributed by atoms with Crippen LogP contribution in [0.1, 0.15) is 19.7 Å². The Balaban J connectivity index is 2.25. The van der Waals surface area contributed by atoms with Gasteiger partial charge in [-0.25, -0.2) is 0 Å². The Labute approximate surface area is 121 Å². The minimum Gasteiger partial charge on any atom is -0.378 e. The molecule has 0 N–H and O–H groups in total. The van der Waals surface area contributed by atoms with Crippen LogP contribution in [0.2, 0.25) is 0 Å². The van der Waals surface area contributed by atoms with E-state index in [0.29, 0.717) is 5.82 Å². The monoisotopic (exact) mass is 321 g/mol. The SMILES string of the molecule is CCN(C=Cc1nnnn1-c1ccc(Br)cc1)CC. The van der Waals surface area contributed by atoms with E-state index in [1.165, 1.54) is 0 Å². The third-order valence-corrected chi connectivity index (χ3v) is 3.34. The van der Waals surface area contributed by atoms with E-state index in [0.717, 1.165) is 23.2 Å². The molecule has 0 saturated carbocycles. The first-order chi connectivity index (χ1) is 9.24. The Hall–Kier alpha value is -1.69. The van der Waals surface area contributed by atoms with Gasteiger partial charge in [0.2, 0.25) is 0 Å². The summed E-state index contributed by atoms with van der Waals surface area (Å²) in [6, 6.07) is 7.87. The molecule has 0 aliphatic heterocycles. The van der Waals surface area contributed by atoms with Gasteiger partial charge in [-0.2, -0.15) is 4.68 Å². The van der Waals surface area contributed by atoms with Gasteiger partial charge in [-0.15, -0.1) is 5.10 Å². The number of halogens is 1. The molecule has 0 amide bonds. The molecule has 1 heterocycles. The van der Waals surface area contributed by atoms with Crippen molar-refractivity contribution in [2.75, 3.05) is 13.1 Å². The van der Waals surface area contributed by atoms with Crippen molar-refractivity contribution in [3.05, 3.63) is 40.8 Å². The highest BCUT2D eigenvalue weighted by molar-refractivity contribution is 9.10. The van der Waals surface area contributed by atoms with Crippen molar-refractivity contribution < 1.29 is 0 Å². The van der Waals surface area contributed by atoms with Crippen LogP contribution >= 0.6 is 15.9 Å². The second-order valence-corrected chi connectivity index (χ2v) is 4.88. The first-order valence-electron chi connectivity index (χ1n) is 6.21. The predicted molar refractivity (Wildman–Crippen MR) is 78.8 cm³/mol. The van der Waals surface area contributed by atoms with E-state index in [-0.39, 0.29) is 0 Å². The molecule has 0 fully saturated rings. The molecule has 1 aromatic heterocycles. The van der Waals surface area contributed by atoms with Crippen molar-refractivity contribution in [1.29, 1.82) is 0 Å². The molecular formula is C13H16BrN5. The molecule has 100 valence electrons. The minimum atomic E-state index is 0.717. The van der Waals surface area contributed by atoms with Crippen molar-refractivity contribution in [2.45, 2.75) is 13.8 Å². The van der Waals surface area contributed by atoms with Crippen molar-refractivity contribution in [3.63, 3.8) is 0 Å². The van der Waals surface area contributed by atoms with E-state index < -0.39 is 0 Å². The van der Waals surface area contributed by atoms with E-state index in [1.54, 1.807) is 4.68 Å². The molecule has 1 aromatic carbocycles. The van der Waals surface area contributed by atoms with Gasteiger partial charge in [-0.1, -0.05) is 15.9 Å².